The molecule has 1 amide bonds. The topological polar surface area (TPSA) is 52.9 Å². The van der Waals surface area contributed by atoms with Crippen LogP contribution in [0.3, 0.4) is 0 Å². The van der Waals surface area contributed by atoms with Gasteiger partial charge in [0.25, 0.3) is 0 Å². The van der Waals surface area contributed by atoms with E-state index in [1.807, 2.05) is 18.2 Å². The van der Waals surface area contributed by atoms with Gasteiger partial charge in [-0.2, -0.15) is 5.26 Å². The molecule has 18 heavy (non-hydrogen) atoms. The summed E-state index contributed by atoms with van der Waals surface area (Å²) >= 11 is 6.01. The molecule has 1 aliphatic rings. The minimum Gasteiger partial charge on any atom is -0.351 e. The summed E-state index contributed by atoms with van der Waals surface area (Å²) in [6.45, 7) is 2.42. The number of hydrogen-bond acceptors (Lipinski definition) is 2. The molecule has 4 heteroatoms. The van der Waals surface area contributed by atoms with Crippen molar-refractivity contribution in [2.75, 3.05) is 0 Å². The lowest BCUT2D eigenvalue weighted by Crippen LogP contribution is -2.47. The van der Waals surface area contributed by atoms with Crippen molar-refractivity contribution in [1.29, 1.82) is 5.26 Å². The molecule has 1 aliphatic carbocycles. The third-order valence-corrected chi connectivity index (χ3v) is 3.81. The summed E-state index contributed by atoms with van der Waals surface area (Å²) in [5.74, 6) is 0.277. The van der Waals surface area contributed by atoms with Crippen molar-refractivity contribution in [3.63, 3.8) is 0 Å². The van der Waals surface area contributed by atoms with Crippen molar-refractivity contribution in [3.05, 3.63) is 34.9 Å². The zero-order valence-electron chi connectivity index (χ0n) is 10.2. The van der Waals surface area contributed by atoms with Crippen molar-refractivity contribution >= 4 is 17.5 Å². The van der Waals surface area contributed by atoms with E-state index in [-0.39, 0.29) is 5.91 Å². The van der Waals surface area contributed by atoms with Gasteiger partial charge in [0.15, 0.2) is 0 Å². The molecule has 1 aromatic carbocycles. The number of benzene rings is 1. The highest BCUT2D eigenvalue weighted by Gasteiger charge is 2.48. The summed E-state index contributed by atoms with van der Waals surface area (Å²) < 4.78 is 0. The van der Waals surface area contributed by atoms with E-state index >= 15 is 0 Å². The second-order valence-electron chi connectivity index (χ2n) is 4.98. The molecular formula is C14H15ClN2O. The first-order valence-electron chi connectivity index (χ1n) is 6.00. The SMILES string of the molecule is CC1CC(C#N)(C(=O)NCc2ccccc2Cl)C1. The number of nitrogens with one attached hydrogen (secondary N) is 1. The van der Waals surface area contributed by atoms with E-state index in [0.29, 0.717) is 30.3 Å². The van der Waals surface area contributed by atoms with Gasteiger partial charge in [-0.3, -0.25) is 4.79 Å². The number of rotatable bonds is 3. The van der Waals surface area contributed by atoms with Gasteiger partial charge in [0.1, 0.15) is 5.41 Å². The third kappa shape index (κ3) is 2.34. The van der Waals surface area contributed by atoms with E-state index in [1.165, 1.54) is 0 Å². The molecule has 0 spiro atoms. The highest BCUT2D eigenvalue weighted by molar-refractivity contribution is 6.31. The zero-order chi connectivity index (χ0) is 13.2. The Bertz CT molecular complexity index is 501. The molecule has 2 rings (SSSR count). The Kier molecular flexibility index (Phi) is 3.58. The second-order valence-corrected chi connectivity index (χ2v) is 5.39. The second kappa shape index (κ2) is 4.99. The first kappa shape index (κ1) is 12.9. The van der Waals surface area contributed by atoms with Crippen molar-refractivity contribution in [2.24, 2.45) is 11.3 Å². The van der Waals surface area contributed by atoms with Gasteiger partial charge in [-0.15, -0.1) is 0 Å². The quantitative estimate of drug-likeness (QED) is 0.911. The van der Waals surface area contributed by atoms with Gasteiger partial charge in [0.05, 0.1) is 6.07 Å². The molecule has 0 unspecified atom stereocenters. The Balaban J connectivity index is 1.97. The molecule has 94 valence electrons. The largest absolute Gasteiger partial charge is 0.351 e. The number of carbonyl (C=O) groups is 1. The Morgan fingerprint density at radius 3 is 2.78 bits per heavy atom. The maximum atomic E-state index is 12.0. The monoisotopic (exact) mass is 262 g/mol. The number of nitriles is 1. The minimum absolute atomic E-state index is 0.178. The molecule has 0 bridgehead atoms. The Hall–Kier alpha value is -1.53. The number of amides is 1. The third-order valence-electron chi connectivity index (χ3n) is 3.44. The fraction of sp³-hybridized carbons (Fsp3) is 0.429. The average molecular weight is 263 g/mol. The molecule has 0 radical (unpaired) electrons. The Labute approximate surface area is 112 Å². The minimum atomic E-state index is -0.819. The van der Waals surface area contributed by atoms with Gasteiger partial charge in [-0.05, 0) is 30.4 Å². The van der Waals surface area contributed by atoms with Crippen molar-refractivity contribution in [2.45, 2.75) is 26.3 Å². The van der Waals surface area contributed by atoms with Crippen LogP contribution in [-0.4, -0.2) is 5.91 Å². The van der Waals surface area contributed by atoms with Crippen LogP contribution in [0.5, 0.6) is 0 Å². The van der Waals surface area contributed by atoms with E-state index in [0.717, 1.165) is 5.56 Å². The van der Waals surface area contributed by atoms with Gasteiger partial charge in [0.2, 0.25) is 5.91 Å². The van der Waals surface area contributed by atoms with E-state index in [2.05, 4.69) is 18.3 Å². The van der Waals surface area contributed by atoms with Gasteiger partial charge in [-0.1, -0.05) is 36.7 Å². The molecule has 1 N–H and O–H groups in total. The van der Waals surface area contributed by atoms with Crippen LogP contribution in [0.15, 0.2) is 24.3 Å². The zero-order valence-corrected chi connectivity index (χ0v) is 11.0. The summed E-state index contributed by atoms with van der Waals surface area (Å²) in [7, 11) is 0. The van der Waals surface area contributed by atoms with Crippen LogP contribution < -0.4 is 5.32 Å². The smallest absolute Gasteiger partial charge is 0.240 e. The number of hydrogen-bond donors (Lipinski definition) is 1. The van der Waals surface area contributed by atoms with Crippen LogP contribution in [0.25, 0.3) is 0 Å². The van der Waals surface area contributed by atoms with Crippen LogP contribution >= 0.6 is 11.6 Å². The molecule has 1 fully saturated rings. The summed E-state index contributed by atoms with van der Waals surface area (Å²) in [5, 5.41) is 12.6. The van der Waals surface area contributed by atoms with E-state index in [9.17, 15) is 4.79 Å². The van der Waals surface area contributed by atoms with Crippen molar-refractivity contribution in [1.82, 2.24) is 5.32 Å². The molecule has 3 nitrogen and oxygen atoms in total. The Morgan fingerprint density at radius 1 is 1.56 bits per heavy atom. The number of carbonyl (C=O) groups excluding carboxylic acids is 1. The van der Waals surface area contributed by atoms with Crippen LogP contribution in [0.1, 0.15) is 25.3 Å². The molecular weight excluding hydrogens is 248 g/mol. The fourth-order valence-electron chi connectivity index (χ4n) is 2.44. The normalized spacial score (nSPS) is 25.9. The Morgan fingerprint density at radius 2 is 2.22 bits per heavy atom. The van der Waals surface area contributed by atoms with Crippen LogP contribution in [-0.2, 0) is 11.3 Å². The lowest BCUT2D eigenvalue weighted by molar-refractivity contribution is -0.134. The van der Waals surface area contributed by atoms with Crippen molar-refractivity contribution in [3.8, 4) is 6.07 Å². The van der Waals surface area contributed by atoms with Crippen LogP contribution in [0.2, 0.25) is 5.02 Å². The van der Waals surface area contributed by atoms with E-state index < -0.39 is 5.41 Å². The maximum absolute atomic E-state index is 12.0. The standard InChI is InChI=1S/C14H15ClN2O/c1-10-6-14(7-10,9-16)13(18)17-8-11-4-2-3-5-12(11)15/h2-5,10H,6-8H2,1H3,(H,17,18). The fourth-order valence-corrected chi connectivity index (χ4v) is 2.65. The summed E-state index contributed by atoms with van der Waals surface area (Å²) in [5.41, 5.74) is 0.0497. The van der Waals surface area contributed by atoms with E-state index in [4.69, 9.17) is 16.9 Å². The highest BCUT2D eigenvalue weighted by atomic mass is 35.5. The van der Waals surface area contributed by atoms with Gasteiger partial charge >= 0.3 is 0 Å². The van der Waals surface area contributed by atoms with Gasteiger partial charge < -0.3 is 5.32 Å². The van der Waals surface area contributed by atoms with Crippen LogP contribution in [0, 0.1) is 22.7 Å². The molecule has 1 saturated carbocycles. The predicted octanol–water partition coefficient (Wildman–Crippen LogP) is 2.90. The number of halogens is 1. The predicted molar refractivity (Wildman–Crippen MR) is 69.7 cm³/mol. The number of nitrogens with zero attached hydrogens (tertiary/aromatic N) is 1. The summed E-state index contributed by atoms with van der Waals surface area (Å²) in [6.07, 6.45) is 1.30. The lowest BCUT2D eigenvalue weighted by Gasteiger charge is -2.39. The molecule has 0 aromatic heterocycles. The van der Waals surface area contributed by atoms with Gasteiger partial charge in [-0.25, -0.2) is 0 Å². The van der Waals surface area contributed by atoms with Crippen molar-refractivity contribution < 1.29 is 4.79 Å². The average Bonchev–Trinajstić information content (AvgIpc) is 2.33. The molecule has 0 aliphatic heterocycles. The lowest BCUT2D eigenvalue weighted by atomic mass is 9.63. The first-order valence-corrected chi connectivity index (χ1v) is 6.38. The molecule has 0 atom stereocenters. The summed E-state index contributed by atoms with van der Waals surface area (Å²) in [6, 6.07) is 9.52. The molecule has 0 saturated heterocycles. The highest BCUT2D eigenvalue weighted by Crippen LogP contribution is 2.45. The van der Waals surface area contributed by atoms with Crippen LogP contribution in [0.4, 0.5) is 0 Å². The van der Waals surface area contributed by atoms with Gasteiger partial charge in [0, 0.05) is 11.6 Å². The van der Waals surface area contributed by atoms with E-state index in [1.54, 1.807) is 6.07 Å². The molecule has 1 aromatic rings. The molecule has 0 heterocycles. The maximum Gasteiger partial charge on any atom is 0.240 e. The first-order chi connectivity index (χ1) is 8.57. The summed E-state index contributed by atoms with van der Waals surface area (Å²) in [4.78, 5) is 12.0.